The zero-order valence-corrected chi connectivity index (χ0v) is 10.4. The van der Waals surface area contributed by atoms with Crippen LogP contribution in [-0.4, -0.2) is 29.1 Å². The first-order chi connectivity index (χ1) is 9.70. The molecule has 2 N–H and O–H groups in total. The third-order valence-electron chi connectivity index (χ3n) is 2.16. The lowest BCUT2D eigenvalue weighted by Crippen LogP contribution is -2.30. The van der Waals surface area contributed by atoms with Gasteiger partial charge in [-0.3, -0.25) is 14.4 Å². The fourth-order valence-corrected chi connectivity index (χ4v) is 1.23. The molecule has 6 nitrogen and oxygen atoms in total. The van der Waals surface area contributed by atoms with Crippen molar-refractivity contribution >= 4 is 23.5 Å². The zero-order chi connectivity index (χ0) is 16.0. The number of halogens is 3. The number of carbonyl (C=O) groups excluding carboxylic acids is 2. The van der Waals surface area contributed by atoms with Gasteiger partial charge >= 0.3 is 24.0 Å². The summed E-state index contributed by atoms with van der Waals surface area (Å²) in [5.74, 6) is -4.67. The Hall–Kier alpha value is -2.58. The van der Waals surface area contributed by atoms with E-state index in [1.807, 2.05) is 0 Å². The Morgan fingerprint density at radius 2 is 1.76 bits per heavy atom. The molecular weight excluding hydrogens is 295 g/mol. The van der Waals surface area contributed by atoms with Gasteiger partial charge in [0, 0.05) is 0 Å². The van der Waals surface area contributed by atoms with Crippen LogP contribution in [0.3, 0.4) is 0 Å². The number of hydrogen-bond acceptors (Lipinski definition) is 4. The molecule has 0 spiro atoms. The van der Waals surface area contributed by atoms with Crippen molar-refractivity contribution in [2.24, 2.45) is 0 Å². The second kappa shape index (κ2) is 6.73. The third-order valence-corrected chi connectivity index (χ3v) is 2.16. The highest BCUT2D eigenvalue weighted by molar-refractivity contribution is 5.96. The first kappa shape index (κ1) is 16.5. The first-order valence-electron chi connectivity index (χ1n) is 5.60. The molecule has 0 radical (unpaired) electrons. The number of hydrogen-bond donors (Lipinski definition) is 2. The molecule has 1 amide bonds. The van der Waals surface area contributed by atoms with Crippen molar-refractivity contribution in [1.82, 2.24) is 0 Å². The van der Waals surface area contributed by atoms with Crippen molar-refractivity contribution in [3.63, 3.8) is 0 Å². The van der Waals surface area contributed by atoms with Crippen LogP contribution >= 0.6 is 0 Å². The number of amides is 1. The number of carboxylic acids is 1. The van der Waals surface area contributed by atoms with Crippen molar-refractivity contribution in [3.8, 4) is 5.75 Å². The number of carboxylic acid groups (broad SMARTS) is 1. The number of carbonyl (C=O) groups is 3. The van der Waals surface area contributed by atoms with Gasteiger partial charge in [0.05, 0.1) is 18.5 Å². The molecule has 0 atom stereocenters. The highest BCUT2D eigenvalue weighted by Gasteiger charge is 2.39. The molecule has 0 aliphatic heterocycles. The third kappa shape index (κ3) is 5.51. The van der Waals surface area contributed by atoms with E-state index in [2.05, 4.69) is 0 Å². The Morgan fingerprint density at radius 1 is 1.14 bits per heavy atom. The minimum absolute atomic E-state index is 0.300. The molecule has 1 aromatic carbocycles. The van der Waals surface area contributed by atoms with Gasteiger partial charge in [-0.25, -0.2) is 0 Å². The topological polar surface area (TPSA) is 92.7 Å². The molecule has 0 aliphatic carbocycles. The maximum absolute atomic E-state index is 12.2. The largest absolute Gasteiger partial charge is 0.481 e. The SMILES string of the molecule is O=C(O)CCC(=O)Oc1ccccc1NC(=O)C(F)(F)F. The molecule has 0 aromatic heterocycles. The standard InChI is InChI=1S/C12H10F3NO5/c13-12(14,15)11(20)16-7-3-1-2-4-8(7)21-10(19)6-5-9(17)18/h1-4H,5-6H2,(H,16,20)(H,17,18). The molecule has 1 rings (SSSR count). The van der Waals surface area contributed by atoms with Crippen LogP contribution in [0.4, 0.5) is 18.9 Å². The average molecular weight is 305 g/mol. The van der Waals surface area contributed by atoms with Crippen molar-refractivity contribution in [3.05, 3.63) is 24.3 Å². The molecule has 0 unspecified atom stereocenters. The van der Waals surface area contributed by atoms with Crippen LogP contribution in [0.5, 0.6) is 5.75 Å². The summed E-state index contributed by atoms with van der Waals surface area (Å²) in [6.07, 6.45) is -6.01. The zero-order valence-electron chi connectivity index (χ0n) is 10.4. The van der Waals surface area contributed by atoms with Gasteiger partial charge < -0.3 is 15.2 Å². The predicted molar refractivity (Wildman–Crippen MR) is 63.6 cm³/mol. The Morgan fingerprint density at radius 3 is 2.33 bits per heavy atom. The molecule has 0 aliphatic rings. The Labute approximate surface area is 116 Å². The average Bonchev–Trinajstić information content (AvgIpc) is 2.37. The molecule has 0 saturated heterocycles. The van der Waals surface area contributed by atoms with Gasteiger partial charge in [0.25, 0.3) is 0 Å². The number of alkyl halides is 3. The molecule has 9 heteroatoms. The molecule has 1 aromatic rings. The van der Waals surface area contributed by atoms with Gasteiger partial charge in [0.2, 0.25) is 0 Å². The van der Waals surface area contributed by atoms with Crippen LogP contribution in [0.2, 0.25) is 0 Å². The lowest BCUT2D eigenvalue weighted by atomic mass is 10.2. The second-order valence-electron chi connectivity index (χ2n) is 3.82. The van der Waals surface area contributed by atoms with Crippen LogP contribution in [0, 0.1) is 0 Å². The quantitative estimate of drug-likeness (QED) is 0.641. The number of ether oxygens (including phenoxy) is 1. The predicted octanol–water partition coefficient (Wildman–Crippen LogP) is 1.96. The molecule has 0 fully saturated rings. The minimum atomic E-state index is -5.08. The Kier molecular flexibility index (Phi) is 5.28. The van der Waals surface area contributed by atoms with Crippen molar-refractivity contribution in [2.75, 3.05) is 5.32 Å². The van der Waals surface area contributed by atoms with E-state index in [0.717, 1.165) is 6.07 Å². The fourth-order valence-electron chi connectivity index (χ4n) is 1.23. The number of anilines is 1. The molecule has 21 heavy (non-hydrogen) atoms. The Bertz CT molecular complexity index is 556. The van der Waals surface area contributed by atoms with Crippen LogP contribution in [0.1, 0.15) is 12.8 Å². The van der Waals surface area contributed by atoms with E-state index in [9.17, 15) is 27.6 Å². The summed E-state index contributed by atoms with van der Waals surface area (Å²) < 4.78 is 41.2. The minimum Gasteiger partial charge on any atom is -0.481 e. The second-order valence-corrected chi connectivity index (χ2v) is 3.82. The van der Waals surface area contributed by atoms with Gasteiger partial charge in [0.15, 0.2) is 5.75 Å². The lowest BCUT2D eigenvalue weighted by molar-refractivity contribution is -0.167. The van der Waals surface area contributed by atoms with Crippen LogP contribution in [0.25, 0.3) is 0 Å². The summed E-state index contributed by atoms with van der Waals surface area (Å²) >= 11 is 0. The highest BCUT2D eigenvalue weighted by Crippen LogP contribution is 2.26. The Balaban J connectivity index is 2.78. The van der Waals surface area contributed by atoms with Gasteiger partial charge in [-0.1, -0.05) is 12.1 Å². The highest BCUT2D eigenvalue weighted by atomic mass is 19.4. The molecule has 114 valence electrons. The summed E-state index contributed by atoms with van der Waals surface area (Å²) in [7, 11) is 0. The summed E-state index contributed by atoms with van der Waals surface area (Å²) in [4.78, 5) is 32.5. The summed E-state index contributed by atoms with van der Waals surface area (Å²) in [5.41, 5.74) is -0.344. The van der Waals surface area contributed by atoms with E-state index in [4.69, 9.17) is 9.84 Å². The van der Waals surface area contributed by atoms with Gasteiger partial charge in [-0.05, 0) is 12.1 Å². The summed E-state index contributed by atoms with van der Waals surface area (Å²) in [5, 5.41) is 9.96. The van der Waals surface area contributed by atoms with Crippen molar-refractivity contribution < 1.29 is 37.4 Å². The van der Waals surface area contributed by atoms with E-state index >= 15 is 0 Å². The van der Waals surface area contributed by atoms with Gasteiger partial charge in [-0.2, -0.15) is 13.2 Å². The number of esters is 1. The van der Waals surface area contributed by atoms with Crippen molar-refractivity contribution in [2.45, 2.75) is 19.0 Å². The monoisotopic (exact) mass is 305 g/mol. The summed E-state index contributed by atoms with van der Waals surface area (Å²) in [6, 6.07) is 5.00. The number of para-hydroxylation sites is 2. The molecule has 0 bridgehead atoms. The first-order valence-corrected chi connectivity index (χ1v) is 5.60. The van der Waals surface area contributed by atoms with E-state index in [-0.39, 0.29) is 11.4 Å². The van der Waals surface area contributed by atoms with Crippen molar-refractivity contribution in [1.29, 1.82) is 0 Å². The number of nitrogens with one attached hydrogen (secondary N) is 1. The molecular formula is C12H10F3NO5. The van der Waals surface area contributed by atoms with E-state index < -0.39 is 36.9 Å². The summed E-state index contributed by atoms with van der Waals surface area (Å²) in [6.45, 7) is 0. The van der Waals surface area contributed by atoms with Crippen LogP contribution in [0.15, 0.2) is 24.3 Å². The number of aliphatic carboxylic acids is 1. The number of benzene rings is 1. The smallest absolute Gasteiger partial charge is 0.471 e. The maximum Gasteiger partial charge on any atom is 0.471 e. The number of rotatable bonds is 5. The van der Waals surface area contributed by atoms with E-state index in [1.165, 1.54) is 18.2 Å². The van der Waals surface area contributed by atoms with E-state index in [1.54, 1.807) is 5.32 Å². The molecule has 0 saturated carbocycles. The van der Waals surface area contributed by atoms with Crippen LogP contribution < -0.4 is 10.1 Å². The van der Waals surface area contributed by atoms with Crippen LogP contribution in [-0.2, 0) is 14.4 Å². The fraction of sp³-hybridized carbons (Fsp3) is 0.250. The van der Waals surface area contributed by atoms with Gasteiger partial charge in [-0.15, -0.1) is 0 Å². The normalized spacial score (nSPS) is 10.8. The lowest BCUT2D eigenvalue weighted by Gasteiger charge is -2.12. The molecule has 0 heterocycles. The van der Waals surface area contributed by atoms with E-state index in [0.29, 0.717) is 0 Å². The maximum atomic E-state index is 12.2. The van der Waals surface area contributed by atoms with Gasteiger partial charge in [0.1, 0.15) is 0 Å².